The fourth-order valence-corrected chi connectivity index (χ4v) is 4.52. The summed E-state index contributed by atoms with van der Waals surface area (Å²) in [6.45, 7) is 8.98. The Morgan fingerprint density at radius 1 is 1.18 bits per heavy atom. The van der Waals surface area contributed by atoms with Gasteiger partial charge in [0.2, 0.25) is 11.8 Å². The van der Waals surface area contributed by atoms with Crippen LogP contribution >= 0.6 is 24.0 Å². The van der Waals surface area contributed by atoms with Gasteiger partial charge in [0.15, 0.2) is 5.96 Å². The van der Waals surface area contributed by atoms with Crippen molar-refractivity contribution in [3.63, 3.8) is 0 Å². The fraction of sp³-hybridized carbons (Fsp3) is 0.640. The predicted octanol–water partition coefficient (Wildman–Crippen LogP) is 4.14. The van der Waals surface area contributed by atoms with Crippen molar-refractivity contribution in [2.45, 2.75) is 71.9 Å². The number of amides is 2. The zero-order valence-electron chi connectivity index (χ0n) is 20.2. The molecule has 0 bridgehead atoms. The van der Waals surface area contributed by atoms with E-state index in [9.17, 15) is 9.59 Å². The maximum atomic E-state index is 12.7. The Bertz CT molecular complexity index is 808. The number of halogens is 1. The molecule has 1 aromatic carbocycles. The normalized spacial score (nSPS) is 18.8. The molecule has 2 aliphatic rings. The molecule has 1 unspecified atom stereocenters. The summed E-state index contributed by atoms with van der Waals surface area (Å²) >= 11 is 0. The van der Waals surface area contributed by atoms with Gasteiger partial charge in [-0.1, -0.05) is 38.8 Å². The van der Waals surface area contributed by atoms with Crippen LogP contribution in [-0.2, 0) is 16.1 Å². The highest BCUT2D eigenvalue weighted by atomic mass is 127. The lowest BCUT2D eigenvalue weighted by Crippen LogP contribution is -2.45. The summed E-state index contributed by atoms with van der Waals surface area (Å²) in [6, 6.07) is 8.06. The summed E-state index contributed by atoms with van der Waals surface area (Å²) in [5, 5.41) is 9.79. The molecule has 1 aliphatic heterocycles. The van der Waals surface area contributed by atoms with E-state index < -0.39 is 0 Å². The molecule has 0 aromatic heterocycles. The monoisotopic (exact) mass is 569 g/mol. The van der Waals surface area contributed by atoms with E-state index in [0.29, 0.717) is 24.8 Å². The molecule has 1 aromatic rings. The SMILES string of the molecule is CCNC(=NCc1cccc(NC(=O)CC(C)C)c1)NC1CCN(C(=O)C2CCCC2)C1.I. The highest BCUT2D eigenvalue weighted by molar-refractivity contribution is 14.0. The molecule has 1 saturated heterocycles. The lowest BCUT2D eigenvalue weighted by molar-refractivity contribution is -0.134. The molecule has 1 saturated carbocycles. The van der Waals surface area contributed by atoms with E-state index in [4.69, 9.17) is 4.99 Å². The van der Waals surface area contributed by atoms with E-state index in [2.05, 4.69) is 16.0 Å². The first-order chi connectivity index (χ1) is 15.4. The Kier molecular flexibility index (Phi) is 11.4. The Morgan fingerprint density at radius 2 is 1.94 bits per heavy atom. The average molecular weight is 570 g/mol. The Labute approximate surface area is 215 Å². The van der Waals surface area contributed by atoms with Gasteiger partial charge in [-0.25, -0.2) is 4.99 Å². The van der Waals surface area contributed by atoms with Crippen LogP contribution in [0.1, 0.15) is 64.9 Å². The average Bonchev–Trinajstić information content (AvgIpc) is 3.44. The predicted molar refractivity (Wildman–Crippen MR) is 145 cm³/mol. The van der Waals surface area contributed by atoms with Gasteiger partial charge < -0.3 is 20.9 Å². The Balaban J connectivity index is 0.00000385. The van der Waals surface area contributed by atoms with Gasteiger partial charge in [0, 0.05) is 43.7 Å². The van der Waals surface area contributed by atoms with Gasteiger partial charge in [-0.05, 0) is 49.8 Å². The standard InChI is InChI=1S/C25H39N5O2.HI/c1-4-26-25(29-22-12-13-30(17-22)24(32)20-9-5-6-10-20)27-16-19-8-7-11-21(15-19)28-23(31)14-18(2)3;/h7-8,11,15,18,20,22H,4-6,9-10,12-14,16-17H2,1-3H3,(H,28,31)(H2,26,27,29);1H. The molecule has 3 rings (SSSR count). The quantitative estimate of drug-likeness (QED) is 0.250. The summed E-state index contributed by atoms with van der Waals surface area (Å²) in [5.74, 6) is 1.71. The van der Waals surface area contributed by atoms with Gasteiger partial charge in [0.05, 0.1) is 6.54 Å². The first-order valence-electron chi connectivity index (χ1n) is 12.2. The number of hydrogen-bond acceptors (Lipinski definition) is 3. The van der Waals surface area contributed by atoms with Crippen molar-refractivity contribution in [1.82, 2.24) is 15.5 Å². The number of nitrogens with one attached hydrogen (secondary N) is 3. The Morgan fingerprint density at radius 3 is 2.64 bits per heavy atom. The molecular weight excluding hydrogens is 529 g/mol. The highest BCUT2D eigenvalue weighted by Crippen LogP contribution is 2.27. The number of carbonyl (C=O) groups is 2. The Hall–Kier alpha value is -1.84. The first kappa shape index (κ1) is 27.4. The third-order valence-corrected chi connectivity index (χ3v) is 6.11. The van der Waals surface area contributed by atoms with E-state index in [-0.39, 0.29) is 41.8 Å². The maximum Gasteiger partial charge on any atom is 0.225 e. The van der Waals surface area contributed by atoms with Gasteiger partial charge >= 0.3 is 0 Å². The minimum absolute atomic E-state index is 0. The van der Waals surface area contributed by atoms with Crippen LogP contribution < -0.4 is 16.0 Å². The molecule has 184 valence electrons. The van der Waals surface area contributed by atoms with Crippen molar-refractivity contribution in [2.24, 2.45) is 16.8 Å². The largest absolute Gasteiger partial charge is 0.357 e. The lowest BCUT2D eigenvalue weighted by atomic mass is 10.1. The molecular formula is C25H40IN5O2. The van der Waals surface area contributed by atoms with Crippen molar-refractivity contribution >= 4 is 47.4 Å². The van der Waals surface area contributed by atoms with Crippen LogP contribution in [-0.4, -0.2) is 48.3 Å². The molecule has 0 radical (unpaired) electrons. The van der Waals surface area contributed by atoms with E-state index in [1.165, 1.54) is 12.8 Å². The van der Waals surface area contributed by atoms with Crippen molar-refractivity contribution in [3.05, 3.63) is 29.8 Å². The van der Waals surface area contributed by atoms with Crippen molar-refractivity contribution in [2.75, 3.05) is 25.0 Å². The van der Waals surface area contributed by atoms with Crippen LogP contribution in [0, 0.1) is 11.8 Å². The van der Waals surface area contributed by atoms with Crippen LogP contribution in [0.4, 0.5) is 5.69 Å². The van der Waals surface area contributed by atoms with E-state index in [1.54, 1.807) is 0 Å². The fourth-order valence-electron chi connectivity index (χ4n) is 4.52. The summed E-state index contributed by atoms with van der Waals surface area (Å²) in [7, 11) is 0. The number of hydrogen-bond donors (Lipinski definition) is 3. The van der Waals surface area contributed by atoms with Crippen molar-refractivity contribution in [3.8, 4) is 0 Å². The van der Waals surface area contributed by atoms with Crippen LogP contribution in [0.25, 0.3) is 0 Å². The molecule has 2 fully saturated rings. The van der Waals surface area contributed by atoms with Crippen molar-refractivity contribution < 1.29 is 9.59 Å². The number of aliphatic imine (C=N–C) groups is 1. The molecule has 1 atom stereocenters. The third kappa shape index (κ3) is 8.79. The summed E-state index contributed by atoms with van der Waals surface area (Å²) in [6.07, 6.45) is 5.93. The molecule has 0 spiro atoms. The summed E-state index contributed by atoms with van der Waals surface area (Å²) < 4.78 is 0. The molecule has 1 aliphatic carbocycles. The van der Waals surface area contributed by atoms with E-state index >= 15 is 0 Å². The second-order valence-corrected chi connectivity index (χ2v) is 9.44. The molecule has 2 amide bonds. The molecule has 1 heterocycles. The first-order valence-corrected chi connectivity index (χ1v) is 12.2. The number of rotatable bonds is 8. The van der Waals surface area contributed by atoms with Gasteiger partial charge in [-0.3, -0.25) is 9.59 Å². The highest BCUT2D eigenvalue weighted by Gasteiger charge is 2.32. The number of likely N-dealkylation sites (tertiary alicyclic amines) is 1. The number of anilines is 1. The smallest absolute Gasteiger partial charge is 0.225 e. The third-order valence-electron chi connectivity index (χ3n) is 6.11. The van der Waals surface area contributed by atoms with E-state index in [0.717, 1.165) is 56.1 Å². The summed E-state index contributed by atoms with van der Waals surface area (Å²) in [4.78, 5) is 31.5. The lowest BCUT2D eigenvalue weighted by Gasteiger charge is -2.21. The molecule has 33 heavy (non-hydrogen) atoms. The molecule has 7 nitrogen and oxygen atoms in total. The molecule has 8 heteroatoms. The second kappa shape index (κ2) is 13.8. The van der Waals surface area contributed by atoms with Crippen LogP contribution in [0.3, 0.4) is 0 Å². The second-order valence-electron chi connectivity index (χ2n) is 9.44. The van der Waals surface area contributed by atoms with Crippen molar-refractivity contribution in [1.29, 1.82) is 0 Å². The van der Waals surface area contributed by atoms with Gasteiger partial charge in [-0.15, -0.1) is 24.0 Å². The molecule has 3 N–H and O–H groups in total. The maximum absolute atomic E-state index is 12.7. The number of nitrogens with zero attached hydrogens (tertiary/aromatic N) is 2. The van der Waals surface area contributed by atoms with Crippen LogP contribution in [0.2, 0.25) is 0 Å². The topological polar surface area (TPSA) is 85.8 Å². The number of carbonyl (C=O) groups excluding carboxylic acids is 2. The number of benzene rings is 1. The van der Waals surface area contributed by atoms with Crippen LogP contribution in [0.15, 0.2) is 29.3 Å². The van der Waals surface area contributed by atoms with Gasteiger partial charge in [0.25, 0.3) is 0 Å². The van der Waals surface area contributed by atoms with Gasteiger partial charge in [0.1, 0.15) is 0 Å². The van der Waals surface area contributed by atoms with Crippen LogP contribution in [0.5, 0.6) is 0 Å². The van der Waals surface area contributed by atoms with Gasteiger partial charge in [-0.2, -0.15) is 0 Å². The zero-order valence-corrected chi connectivity index (χ0v) is 22.6. The minimum atomic E-state index is 0. The number of guanidine groups is 1. The summed E-state index contributed by atoms with van der Waals surface area (Å²) in [5.41, 5.74) is 1.84. The minimum Gasteiger partial charge on any atom is -0.357 e. The van der Waals surface area contributed by atoms with E-state index in [1.807, 2.05) is 49.9 Å². The zero-order chi connectivity index (χ0) is 22.9.